The quantitative estimate of drug-likeness (QED) is 0.149. The van der Waals surface area contributed by atoms with Gasteiger partial charge in [0, 0.05) is 31.9 Å². The fraction of sp³-hybridized carbons (Fsp3) is 0.517. The molecule has 9 heteroatoms. The molecule has 0 spiro atoms. The minimum absolute atomic E-state index is 0.0363. The van der Waals surface area contributed by atoms with Gasteiger partial charge in [-0.15, -0.1) is 0 Å². The Morgan fingerprint density at radius 2 is 1.74 bits per heavy atom. The molecule has 1 fully saturated rings. The largest absolute Gasteiger partial charge is 0.508 e. The Bertz CT molecular complexity index is 1030. The molecule has 0 saturated carbocycles. The lowest BCUT2D eigenvalue weighted by molar-refractivity contribution is -0.118. The summed E-state index contributed by atoms with van der Waals surface area (Å²) >= 11 is 0. The number of aryl methyl sites for hydroxylation is 1. The number of carbonyl (C=O) groups is 2. The van der Waals surface area contributed by atoms with Crippen molar-refractivity contribution in [1.29, 1.82) is 0 Å². The van der Waals surface area contributed by atoms with Gasteiger partial charge in [0.1, 0.15) is 12.3 Å². The Balaban J connectivity index is 1.14. The highest BCUT2D eigenvalue weighted by Gasteiger charge is 2.26. The van der Waals surface area contributed by atoms with Crippen molar-refractivity contribution in [1.82, 2.24) is 15.5 Å². The van der Waals surface area contributed by atoms with Crippen LogP contribution in [0.2, 0.25) is 0 Å². The summed E-state index contributed by atoms with van der Waals surface area (Å²) in [6.45, 7) is 3.09. The highest BCUT2D eigenvalue weighted by Crippen LogP contribution is 2.22. The van der Waals surface area contributed by atoms with Crippen molar-refractivity contribution in [2.45, 2.75) is 64.2 Å². The fourth-order valence-corrected chi connectivity index (χ4v) is 4.45. The first-order valence-corrected chi connectivity index (χ1v) is 13.5. The van der Waals surface area contributed by atoms with E-state index in [9.17, 15) is 24.9 Å². The number of aliphatic hydroxyl groups is 2. The Kier molecular flexibility index (Phi) is 12.5. The number of urea groups is 1. The first-order chi connectivity index (χ1) is 18.5. The molecule has 2 aromatic rings. The predicted molar refractivity (Wildman–Crippen MR) is 144 cm³/mol. The second-order valence-electron chi connectivity index (χ2n) is 9.78. The molecule has 0 aromatic heterocycles. The number of hydrogen-bond acceptors (Lipinski definition) is 7. The van der Waals surface area contributed by atoms with E-state index in [2.05, 4.69) is 22.8 Å². The van der Waals surface area contributed by atoms with E-state index in [1.54, 1.807) is 12.1 Å². The van der Waals surface area contributed by atoms with Crippen molar-refractivity contribution in [3.05, 3.63) is 64.7 Å². The van der Waals surface area contributed by atoms with Gasteiger partial charge in [-0.05, 0) is 67.5 Å². The SMILES string of the molecule is O=C1CN(Cc2cccc(CCCCOCCCCCCNC[C@@H](O)c3ccc(O)c(CO)c3)c2)C(=O)N1. The third-order valence-electron chi connectivity index (χ3n) is 6.63. The molecule has 1 atom stereocenters. The molecule has 1 heterocycles. The number of nitrogens with zero attached hydrogens (tertiary/aromatic N) is 1. The number of carbonyl (C=O) groups excluding carboxylic acids is 2. The first-order valence-electron chi connectivity index (χ1n) is 13.5. The van der Waals surface area contributed by atoms with Crippen molar-refractivity contribution in [3.8, 4) is 5.75 Å². The highest BCUT2D eigenvalue weighted by atomic mass is 16.5. The summed E-state index contributed by atoms with van der Waals surface area (Å²) in [6, 6.07) is 12.6. The number of benzene rings is 2. The number of amides is 3. The van der Waals surface area contributed by atoms with E-state index in [-0.39, 0.29) is 30.8 Å². The number of aromatic hydroxyl groups is 1. The van der Waals surface area contributed by atoms with E-state index in [0.717, 1.165) is 70.3 Å². The van der Waals surface area contributed by atoms with Crippen LogP contribution in [0.3, 0.4) is 0 Å². The monoisotopic (exact) mass is 527 g/mol. The molecule has 0 unspecified atom stereocenters. The lowest BCUT2D eigenvalue weighted by Gasteiger charge is -2.14. The van der Waals surface area contributed by atoms with Crippen LogP contribution in [0.15, 0.2) is 42.5 Å². The minimum Gasteiger partial charge on any atom is -0.508 e. The second-order valence-corrected chi connectivity index (χ2v) is 9.78. The Hall–Kier alpha value is -2.98. The highest BCUT2D eigenvalue weighted by molar-refractivity contribution is 6.01. The van der Waals surface area contributed by atoms with Crippen molar-refractivity contribution in [2.24, 2.45) is 0 Å². The third-order valence-corrected chi connectivity index (χ3v) is 6.63. The van der Waals surface area contributed by atoms with Gasteiger partial charge >= 0.3 is 6.03 Å². The molecule has 0 bridgehead atoms. The van der Waals surface area contributed by atoms with Gasteiger partial charge in [0.15, 0.2) is 0 Å². The van der Waals surface area contributed by atoms with Gasteiger partial charge in [0.2, 0.25) is 5.91 Å². The van der Waals surface area contributed by atoms with Crippen LogP contribution in [-0.4, -0.2) is 65.0 Å². The van der Waals surface area contributed by atoms with Crippen molar-refractivity contribution >= 4 is 11.9 Å². The van der Waals surface area contributed by atoms with E-state index in [1.807, 2.05) is 12.1 Å². The molecular weight excluding hydrogens is 486 g/mol. The van der Waals surface area contributed by atoms with Crippen molar-refractivity contribution < 1.29 is 29.6 Å². The molecule has 1 aliphatic heterocycles. The summed E-state index contributed by atoms with van der Waals surface area (Å²) in [7, 11) is 0. The summed E-state index contributed by atoms with van der Waals surface area (Å²) < 4.78 is 5.77. The van der Waals surface area contributed by atoms with Crippen LogP contribution < -0.4 is 10.6 Å². The van der Waals surface area contributed by atoms with Crippen LogP contribution in [0.4, 0.5) is 4.79 Å². The zero-order chi connectivity index (χ0) is 27.2. The third kappa shape index (κ3) is 10.1. The maximum Gasteiger partial charge on any atom is 0.324 e. The zero-order valence-electron chi connectivity index (χ0n) is 22.0. The molecule has 5 N–H and O–H groups in total. The number of unbranched alkanes of at least 4 members (excludes halogenated alkanes) is 4. The Morgan fingerprint density at radius 3 is 2.50 bits per heavy atom. The van der Waals surface area contributed by atoms with Crippen LogP contribution in [0.5, 0.6) is 5.75 Å². The van der Waals surface area contributed by atoms with Gasteiger partial charge in [0.05, 0.1) is 12.7 Å². The summed E-state index contributed by atoms with van der Waals surface area (Å²) in [4.78, 5) is 24.6. The molecule has 0 aliphatic carbocycles. The van der Waals surface area contributed by atoms with Crippen LogP contribution in [0.1, 0.15) is 66.9 Å². The van der Waals surface area contributed by atoms with E-state index in [4.69, 9.17) is 4.74 Å². The van der Waals surface area contributed by atoms with E-state index in [1.165, 1.54) is 16.5 Å². The molecule has 38 heavy (non-hydrogen) atoms. The minimum atomic E-state index is -0.677. The predicted octanol–water partition coefficient (Wildman–Crippen LogP) is 3.16. The molecule has 1 saturated heterocycles. The lowest BCUT2D eigenvalue weighted by atomic mass is 10.1. The van der Waals surface area contributed by atoms with Gasteiger partial charge in [-0.3, -0.25) is 10.1 Å². The molecular formula is C29H41N3O6. The van der Waals surface area contributed by atoms with Crippen LogP contribution in [0, 0.1) is 0 Å². The molecule has 0 radical (unpaired) electrons. The number of ether oxygens (including phenoxy) is 1. The van der Waals surface area contributed by atoms with Gasteiger partial charge in [-0.25, -0.2) is 4.79 Å². The average Bonchev–Trinajstić information content (AvgIpc) is 3.23. The number of rotatable bonds is 18. The van der Waals surface area contributed by atoms with Crippen molar-refractivity contribution in [2.75, 3.05) is 32.8 Å². The van der Waals surface area contributed by atoms with Gasteiger partial charge in [0.25, 0.3) is 0 Å². The maximum absolute atomic E-state index is 11.7. The average molecular weight is 528 g/mol. The van der Waals surface area contributed by atoms with E-state index in [0.29, 0.717) is 24.2 Å². The number of phenols is 1. The zero-order valence-corrected chi connectivity index (χ0v) is 22.0. The van der Waals surface area contributed by atoms with E-state index < -0.39 is 6.10 Å². The fourth-order valence-electron chi connectivity index (χ4n) is 4.45. The first kappa shape index (κ1) is 29.6. The summed E-state index contributed by atoms with van der Waals surface area (Å²) in [5, 5.41) is 34.7. The molecule has 1 aliphatic rings. The maximum atomic E-state index is 11.7. The lowest BCUT2D eigenvalue weighted by Crippen LogP contribution is -2.27. The molecule has 208 valence electrons. The van der Waals surface area contributed by atoms with E-state index >= 15 is 0 Å². The van der Waals surface area contributed by atoms with Gasteiger partial charge in [-0.1, -0.05) is 43.2 Å². The van der Waals surface area contributed by atoms with Crippen LogP contribution in [0.25, 0.3) is 0 Å². The van der Waals surface area contributed by atoms with Gasteiger partial charge < -0.3 is 30.3 Å². The summed E-state index contributed by atoms with van der Waals surface area (Å²) in [5.74, 6) is -0.213. The molecule has 3 rings (SSSR count). The van der Waals surface area contributed by atoms with Crippen LogP contribution in [-0.2, 0) is 29.1 Å². The molecule has 9 nitrogen and oxygen atoms in total. The second kappa shape index (κ2) is 16.1. The number of hydrogen-bond donors (Lipinski definition) is 5. The molecule has 3 amide bonds. The number of aliphatic hydroxyl groups excluding tert-OH is 2. The smallest absolute Gasteiger partial charge is 0.324 e. The standard InChI is InChI=1S/C29H41N3O6/c33-21-25-17-24(11-12-26(25)34)27(35)18-30-13-4-1-2-5-14-38-15-6-3-8-22-9-7-10-23(16-22)19-32-20-28(36)31-29(32)37/h7,9-12,16-17,27,30,33-35H,1-6,8,13-15,18-21H2,(H,31,36,37)/t27-/m1/s1. The normalized spacial score (nSPS) is 14.2. The van der Waals surface area contributed by atoms with Crippen molar-refractivity contribution in [3.63, 3.8) is 0 Å². The molecule has 2 aromatic carbocycles. The Morgan fingerprint density at radius 1 is 0.974 bits per heavy atom. The summed E-state index contributed by atoms with van der Waals surface area (Å²) in [6.07, 6.45) is 6.59. The Labute approximate surface area is 224 Å². The number of imide groups is 1. The van der Waals surface area contributed by atoms with Gasteiger partial charge in [-0.2, -0.15) is 0 Å². The topological polar surface area (TPSA) is 131 Å². The summed E-state index contributed by atoms with van der Waals surface area (Å²) in [5.41, 5.74) is 3.35. The van der Waals surface area contributed by atoms with Crippen LogP contribution >= 0.6 is 0 Å². The number of nitrogens with one attached hydrogen (secondary N) is 2.